The molecule has 2 aliphatic heterocycles. The molecule has 3 aliphatic rings. The molecule has 1 amide bonds. The van der Waals surface area contributed by atoms with Crippen molar-refractivity contribution in [2.75, 3.05) is 29.4 Å². The summed E-state index contributed by atoms with van der Waals surface area (Å²) >= 11 is 0. The summed E-state index contributed by atoms with van der Waals surface area (Å²) in [5.41, 5.74) is 5.98. The van der Waals surface area contributed by atoms with Crippen LogP contribution in [0.4, 0.5) is 25.0 Å². The number of rotatable bonds is 4. The fraction of sp³-hybridized carbons (Fsp3) is 0.471. The molecule has 10 heteroatoms. The maximum atomic E-state index is 14.7. The Hall–Kier alpha value is -2.75. The third-order valence-corrected chi connectivity index (χ3v) is 5.63. The van der Waals surface area contributed by atoms with Gasteiger partial charge in [-0.1, -0.05) is 5.21 Å². The zero-order valence-corrected chi connectivity index (χ0v) is 14.3. The van der Waals surface area contributed by atoms with Crippen molar-refractivity contribution in [2.45, 2.75) is 18.7 Å². The van der Waals surface area contributed by atoms with Gasteiger partial charge in [-0.2, -0.15) is 0 Å². The van der Waals surface area contributed by atoms with E-state index in [2.05, 4.69) is 10.3 Å². The molecule has 2 N–H and O–H groups in total. The number of carbonyl (C=O) groups is 1. The number of halogens is 2. The Balaban J connectivity index is 1.34. The molecule has 1 aromatic carbocycles. The first-order valence-corrected chi connectivity index (χ1v) is 8.83. The van der Waals surface area contributed by atoms with Crippen LogP contribution >= 0.6 is 0 Å². The Labute approximate surface area is 153 Å². The highest BCUT2D eigenvalue weighted by atomic mass is 19.1. The molecule has 0 unspecified atom stereocenters. The minimum atomic E-state index is -0.688. The summed E-state index contributed by atoms with van der Waals surface area (Å²) in [6.45, 7) is 1.62. The summed E-state index contributed by atoms with van der Waals surface area (Å²) in [7, 11) is 0. The molecule has 142 valence electrons. The van der Waals surface area contributed by atoms with E-state index in [-0.39, 0.29) is 24.0 Å². The average molecular weight is 376 g/mol. The number of cyclic esters (lactones) is 1. The summed E-state index contributed by atoms with van der Waals surface area (Å²) in [6, 6.07) is 2.51. The number of anilines is 2. The average Bonchev–Trinajstić information content (AvgIpc) is 3.12. The number of hydrogen-bond acceptors (Lipinski definition) is 6. The van der Waals surface area contributed by atoms with Gasteiger partial charge in [0.2, 0.25) is 0 Å². The van der Waals surface area contributed by atoms with Gasteiger partial charge in [0.25, 0.3) is 0 Å². The standard InChI is InChI=1S/C17H18F2N6O2/c18-13-3-9(4-14(19)16(13)23-7-11-12(8-23)15(11)20)25-6-10(27-17(25)26)5-24-2-1-21-22-24/h1-4,10-12,15H,5-8,20H2/t10-,11-,12+,15+/m0/s1. The fourth-order valence-electron chi connectivity index (χ4n) is 4.13. The predicted molar refractivity (Wildman–Crippen MR) is 91.2 cm³/mol. The Kier molecular flexibility index (Phi) is 3.58. The predicted octanol–water partition coefficient (Wildman–Crippen LogP) is 0.975. The minimum absolute atomic E-state index is 0.0510. The van der Waals surface area contributed by atoms with E-state index in [1.54, 1.807) is 11.1 Å². The fourth-order valence-corrected chi connectivity index (χ4v) is 4.13. The van der Waals surface area contributed by atoms with Gasteiger partial charge in [-0.25, -0.2) is 18.3 Å². The molecule has 1 aromatic heterocycles. The number of carbonyl (C=O) groups excluding carboxylic acids is 1. The molecule has 0 radical (unpaired) electrons. The van der Waals surface area contributed by atoms with E-state index in [9.17, 15) is 13.6 Å². The zero-order valence-electron chi connectivity index (χ0n) is 14.3. The largest absolute Gasteiger partial charge is 0.442 e. The summed E-state index contributed by atoms with van der Waals surface area (Å²) in [6.07, 6.45) is 2.06. The van der Waals surface area contributed by atoms with Gasteiger partial charge in [-0.05, 0) is 11.8 Å². The molecule has 2 saturated heterocycles. The number of nitrogens with zero attached hydrogens (tertiary/aromatic N) is 5. The summed E-state index contributed by atoms with van der Waals surface area (Å²) < 4.78 is 36.2. The van der Waals surface area contributed by atoms with Crippen LogP contribution in [-0.2, 0) is 11.3 Å². The van der Waals surface area contributed by atoms with Gasteiger partial charge in [0, 0.05) is 37.5 Å². The lowest BCUT2D eigenvalue weighted by Crippen LogP contribution is -2.30. The first kappa shape index (κ1) is 16.4. The van der Waals surface area contributed by atoms with E-state index in [4.69, 9.17) is 10.5 Å². The van der Waals surface area contributed by atoms with E-state index in [0.717, 1.165) is 0 Å². The van der Waals surface area contributed by atoms with E-state index < -0.39 is 23.8 Å². The van der Waals surface area contributed by atoms with Gasteiger partial charge >= 0.3 is 6.09 Å². The van der Waals surface area contributed by atoms with Gasteiger partial charge in [0.05, 0.1) is 25.0 Å². The number of amides is 1. The Morgan fingerprint density at radius 2 is 1.89 bits per heavy atom. The Morgan fingerprint density at radius 3 is 2.52 bits per heavy atom. The van der Waals surface area contributed by atoms with Crippen LogP contribution < -0.4 is 15.5 Å². The normalized spacial score (nSPS) is 29.2. The lowest BCUT2D eigenvalue weighted by molar-refractivity contribution is 0.129. The van der Waals surface area contributed by atoms with Crippen LogP contribution in [0.5, 0.6) is 0 Å². The molecule has 4 atom stereocenters. The molecule has 2 aromatic rings. The lowest BCUT2D eigenvalue weighted by Gasteiger charge is -2.24. The maximum Gasteiger partial charge on any atom is 0.414 e. The zero-order chi connectivity index (χ0) is 18.7. The highest BCUT2D eigenvalue weighted by molar-refractivity contribution is 5.90. The van der Waals surface area contributed by atoms with Crippen molar-refractivity contribution in [3.05, 3.63) is 36.2 Å². The second kappa shape index (κ2) is 5.88. The van der Waals surface area contributed by atoms with Crippen LogP contribution in [0.25, 0.3) is 0 Å². The number of fused-ring (bicyclic) bond motifs is 1. The number of hydrogen-bond donors (Lipinski definition) is 1. The van der Waals surface area contributed by atoms with Crippen LogP contribution in [-0.4, -0.2) is 52.9 Å². The van der Waals surface area contributed by atoms with Crippen molar-refractivity contribution in [3.8, 4) is 0 Å². The van der Waals surface area contributed by atoms with Crippen LogP contribution in [0, 0.1) is 23.5 Å². The van der Waals surface area contributed by atoms with Gasteiger partial charge in [0.15, 0.2) is 11.6 Å². The number of piperidine rings is 1. The van der Waals surface area contributed by atoms with Crippen molar-refractivity contribution in [1.82, 2.24) is 15.0 Å². The summed E-state index contributed by atoms with van der Waals surface area (Å²) in [5.74, 6) is -0.746. The quantitative estimate of drug-likeness (QED) is 0.856. The van der Waals surface area contributed by atoms with Crippen molar-refractivity contribution in [1.29, 1.82) is 0 Å². The second-order valence-corrected chi connectivity index (χ2v) is 7.31. The van der Waals surface area contributed by atoms with Crippen LogP contribution in [0.3, 0.4) is 0 Å². The summed E-state index contributed by atoms with van der Waals surface area (Å²) in [4.78, 5) is 15.1. The molecule has 1 aliphatic carbocycles. The number of benzene rings is 1. The lowest BCUT2D eigenvalue weighted by atomic mass is 10.2. The highest BCUT2D eigenvalue weighted by Crippen LogP contribution is 2.46. The number of ether oxygens (including phenoxy) is 1. The van der Waals surface area contributed by atoms with Crippen molar-refractivity contribution in [2.24, 2.45) is 17.6 Å². The molecule has 1 saturated carbocycles. The third-order valence-electron chi connectivity index (χ3n) is 5.63. The SMILES string of the molecule is N[C@@H]1[C@H]2CN(c3c(F)cc(N4C[C@H](Cn5ccnn5)OC4=O)cc3F)C[C@@H]12. The Morgan fingerprint density at radius 1 is 1.19 bits per heavy atom. The molecule has 8 nitrogen and oxygen atoms in total. The monoisotopic (exact) mass is 376 g/mol. The smallest absolute Gasteiger partial charge is 0.414 e. The maximum absolute atomic E-state index is 14.7. The van der Waals surface area contributed by atoms with Crippen LogP contribution in [0.2, 0.25) is 0 Å². The minimum Gasteiger partial charge on any atom is -0.442 e. The van der Waals surface area contributed by atoms with E-state index in [1.807, 2.05) is 0 Å². The van der Waals surface area contributed by atoms with Crippen molar-refractivity contribution >= 4 is 17.5 Å². The van der Waals surface area contributed by atoms with E-state index in [1.165, 1.54) is 27.9 Å². The number of aromatic nitrogens is 3. The highest BCUT2D eigenvalue weighted by Gasteiger charge is 2.54. The third kappa shape index (κ3) is 2.71. The van der Waals surface area contributed by atoms with Crippen molar-refractivity contribution in [3.63, 3.8) is 0 Å². The van der Waals surface area contributed by atoms with Gasteiger partial charge in [-0.3, -0.25) is 4.90 Å². The first-order valence-electron chi connectivity index (χ1n) is 8.83. The molecule has 27 heavy (non-hydrogen) atoms. The molecule has 3 heterocycles. The topological polar surface area (TPSA) is 89.5 Å². The van der Waals surface area contributed by atoms with E-state index >= 15 is 0 Å². The Bertz CT molecular complexity index is 857. The molecule has 3 fully saturated rings. The molecular formula is C17H18F2N6O2. The summed E-state index contributed by atoms with van der Waals surface area (Å²) in [5, 5.41) is 7.52. The molecule has 0 bridgehead atoms. The molecular weight excluding hydrogens is 358 g/mol. The first-order chi connectivity index (χ1) is 13.0. The van der Waals surface area contributed by atoms with Crippen LogP contribution in [0.1, 0.15) is 0 Å². The number of nitrogens with two attached hydrogens (primary N) is 1. The molecule has 0 spiro atoms. The van der Waals surface area contributed by atoms with Crippen molar-refractivity contribution < 1.29 is 18.3 Å². The van der Waals surface area contributed by atoms with Gasteiger partial charge < -0.3 is 15.4 Å². The van der Waals surface area contributed by atoms with Gasteiger partial charge in [-0.15, -0.1) is 5.10 Å². The second-order valence-electron chi connectivity index (χ2n) is 7.31. The van der Waals surface area contributed by atoms with E-state index in [0.29, 0.717) is 31.5 Å². The van der Waals surface area contributed by atoms with Crippen LogP contribution in [0.15, 0.2) is 24.5 Å². The van der Waals surface area contributed by atoms with Gasteiger partial charge in [0.1, 0.15) is 11.8 Å². The molecule has 5 rings (SSSR count).